The smallest absolute Gasteiger partial charge is 0.123 e. The van der Waals surface area contributed by atoms with Gasteiger partial charge in [-0.3, -0.25) is 0 Å². The van der Waals surface area contributed by atoms with E-state index < -0.39 is 0 Å². The summed E-state index contributed by atoms with van der Waals surface area (Å²) in [4.78, 5) is 0. The Balaban J connectivity index is 2.55. The zero-order valence-electron chi connectivity index (χ0n) is 8.14. The van der Waals surface area contributed by atoms with E-state index in [4.69, 9.17) is 6.42 Å². The van der Waals surface area contributed by atoms with Crippen LogP contribution in [0.4, 0.5) is 0 Å². The fraction of sp³-hybridized carbons (Fsp3) is 0. The van der Waals surface area contributed by atoms with Crippen molar-refractivity contribution in [2.24, 2.45) is 0 Å². The van der Waals surface area contributed by atoms with Crippen molar-refractivity contribution < 1.29 is 5.11 Å². The number of benzene rings is 2. The summed E-state index contributed by atoms with van der Waals surface area (Å²) in [6, 6.07) is 14.8. The van der Waals surface area contributed by atoms with Gasteiger partial charge in [-0.25, -0.2) is 0 Å². The number of hydrogen-bond acceptors (Lipinski definition) is 1. The highest BCUT2D eigenvalue weighted by atomic mass is 16.3. The van der Waals surface area contributed by atoms with Gasteiger partial charge in [-0.15, -0.1) is 6.42 Å². The van der Waals surface area contributed by atoms with Crippen molar-refractivity contribution in [3.05, 3.63) is 54.1 Å². The zero-order chi connectivity index (χ0) is 10.7. The van der Waals surface area contributed by atoms with Crippen LogP contribution < -0.4 is 0 Å². The van der Waals surface area contributed by atoms with Crippen molar-refractivity contribution in [3.8, 4) is 29.2 Å². The molecule has 0 fully saturated rings. The number of aromatic hydroxyl groups is 1. The predicted octanol–water partition coefficient (Wildman–Crippen LogP) is 3.04. The maximum atomic E-state index is 9.68. The average molecular weight is 194 g/mol. The first-order valence-corrected chi connectivity index (χ1v) is 4.66. The van der Waals surface area contributed by atoms with Crippen molar-refractivity contribution in [1.82, 2.24) is 0 Å². The number of para-hydroxylation sites is 1. The van der Waals surface area contributed by atoms with Gasteiger partial charge in [0.2, 0.25) is 0 Å². The van der Waals surface area contributed by atoms with Crippen molar-refractivity contribution in [2.75, 3.05) is 0 Å². The lowest BCUT2D eigenvalue weighted by atomic mass is 10.0. The first-order valence-electron chi connectivity index (χ1n) is 4.66. The van der Waals surface area contributed by atoms with Crippen LogP contribution in [0.25, 0.3) is 11.1 Å². The molecular formula is C14H10O. The predicted molar refractivity (Wildman–Crippen MR) is 61.5 cm³/mol. The Morgan fingerprint density at radius 3 is 2.53 bits per heavy atom. The van der Waals surface area contributed by atoms with Crippen molar-refractivity contribution in [1.29, 1.82) is 0 Å². The molecule has 0 amide bonds. The first kappa shape index (κ1) is 9.36. The Hall–Kier alpha value is -2.20. The van der Waals surface area contributed by atoms with Gasteiger partial charge in [0.05, 0.1) is 0 Å². The van der Waals surface area contributed by atoms with Crippen LogP contribution in [0.1, 0.15) is 5.56 Å². The van der Waals surface area contributed by atoms with Gasteiger partial charge < -0.3 is 5.11 Å². The molecule has 1 N–H and O–H groups in total. The fourth-order valence-electron chi connectivity index (χ4n) is 1.49. The van der Waals surface area contributed by atoms with Crippen LogP contribution in [-0.2, 0) is 0 Å². The summed E-state index contributed by atoms with van der Waals surface area (Å²) in [5.74, 6) is 2.85. The van der Waals surface area contributed by atoms with E-state index in [1.165, 1.54) is 0 Å². The lowest BCUT2D eigenvalue weighted by Gasteiger charge is -2.04. The minimum absolute atomic E-state index is 0.270. The lowest BCUT2D eigenvalue weighted by molar-refractivity contribution is 0.477. The molecule has 0 aliphatic heterocycles. The summed E-state index contributed by atoms with van der Waals surface area (Å²) in [5, 5.41) is 9.68. The van der Waals surface area contributed by atoms with Crippen molar-refractivity contribution >= 4 is 0 Å². The van der Waals surface area contributed by atoms with Crippen LogP contribution in [0.2, 0.25) is 0 Å². The van der Waals surface area contributed by atoms with Gasteiger partial charge in [0.1, 0.15) is 5.75 Å². The first-order chi connectivity index (χ1) is 7.31. The third-order valence-corrected chi connectivity index (χ3v) is 2.24. The van der Waals surface area contributed by atoms with E-state index in [2.05, 4.69) is 5.92 Å². The molecule has 0 aliphatic carbocycles. The second-order valence-electron chi connectivity index (χ2n) is 3.24. The van der Waals surface area contributed by atoms with Gasteiger partial charge >= 0.3 is 0 Å². The largest absolute Gasteiger partial charge is 0.507 e. The number of rotatable bonds is 1. The molecule has 0 radical (unpaired) electrons. The highest BCUT2D eigenvalue weighted by molar-refractivity contribution is 5.71. The number of phenolic OH excluding ortho intramolecular Hbond substituents is 1. The van der Waals surface area contributed by atoms with Crippen LogP contribution >= 0.6 is 0 Å². The molecule has 1 nitrogen and oxygen atoms in total. The number of phenols is 1. The van der Waals surface area contributed by atoms with Gasteiger partial charge in [-0.2, -0.15) is 0 Å². The Kier molecular flexibility index (Phi) is 2.43. The molecule has 15 heavy (non-hydrogen) atoms. The van der Waals surface area contributed by atoms with Gasteiger partial charge in [0.15, 0.2) is 0 Å². The van der Waals surface area contributed by atoms with Gasteiger partial charge in [-0.05, 0) is 23.8 Å². The molecule has 72 valence electrons. The molecule has 0 atom stereocenters. The maximum Gasteiger partial charge on any atom is 0.123 e. The van der Waals surface area contributed by atoms with E-state index in [1.807, 2.05) is 36.4 Å². The summed E-state index contributed by atoms with van der Waals surface area (Å²) in [6.45, 7) is 0. The maximum absolute atomic E-state index is 9.68. The molecule has 2 rings (SSSR count). The zero-order valence-corrected chi connectivity index (χ0v) is 8.14. The summed E-state index contributed by atoms with van der Waals surface area (Å²) in [7, 11) is 0. The average Bonchev–Trinajstić information content (AvgIpc) is 2.30. The third kappa shape index (κ3) is 1.84. The Morgan fingerprint density at radius 2 is 1.80 bits per heavy atom. The van der Waals surface area contributed by atoms with Crippen LogP contribution in [0.3, 0.4) is 0 Å². The van der Waals surface area contributed by atoms with E-state index in [0.717, 1.165) is 16.7 Å². The molecule has 0 aliphatic rings. The van der Waals surface area contributed by atoms with Gasteiger partial charge in [0.25, 0.3) is 0 Å². The second kappa shape index (κ2) is 3.89. The van der Waals surface area contributed by atoms with Crippen LogP contribution in [0, 0.1) is 12.3 Å². The normalized spacial score (nSPS) is 9.53. The van der Waals surface area contributed by atoms with Crippen LogP contribution in [0.5, 0.6) is 5.75 Å². The summed E-state index contributed by atoms with van der Waals surface area (Å²) < 4.78 is 0. The van der Waals surface area contributed by atoms with E-state index in [1.54, 1.807) is 12.1 Å². The standard InChI is InChI=1S/C14H10O/c1-2-11-6-5-7-12(10-11)13-8-3-4-9-14(13)15/h1,3-10,15H. The molecule has 1 heteroatoms. The van der Waals surface area contributed by atoms with E-state index >= 15 is 0 Å². The van der Waals surface area contributed by atoms with E-state index in [-0.39, 0.29) is 5.75 Å². The number of terminal acetylenes is 1. The topological polar surface area (TPSA) is 20.2 Å². The molecule has 0 heterocycles. The SMILES string of the molecule is C#Cc1cccc(-c2ccccc2O)c1. The number of hydrogen-bond donors (Lipinski definition) is 1. The van der Waals surface area contributed by atoms with Gasteiger partial charge in [0, 0.05) is 11.1 Å². The monoisotopic (exact) mass is 194 g/mol. The highest BCUT2D eigenvalue weighted by Crippen LogP contribution is 2.28. The Morgan fingerprint density at radius 1 is 1.00 bits per heavy atom. The van der Waals surface area contributed by atoms with Crippen LogP contribution in [0.15, 0.2) is 48.5 Å². The van der Waals surface area contributed by atoms with E-state index in [0.29, 0.717) is 0 Å². The molecule has 0 unspecified atom stereocenters. The molecule has 2 aromatic carbocycles. The summed E-state index contributed by atoms with van der Waals surface area (Å²) in [5.41, 5.74) is 2.55. The quantitative estimate of drug-likeness (QED) is 0.692. The molecule has 0 saturated carbocycles. The third-order valence-electron chi connectivity index (χ3n) is 2.24. The molecule has 0 bridgehead atoms. The minimum Gasteiger partial charge on any atom is -0.507 e. The fourth-order valence-corrected chi connectivity index (χ4v) is 1.49. The molecule has 0 aromatic heterocycles. The lowest BCUT2D eigenvalue weighted by Crippen LogP contribution is -1.80. The van der Waals surface area contributed by atoms with Gasteiger partial charge in [-0.1, -0.05) is 36.3 Å². The molecule has 2 aromatic rings. The highest BCUT2D eigenvalue weighted by Gasteiger charge is 2.02. The van der Waals surface area contributed by atoms with Crippen molar-refractivity contribution in [3.63, 3.8) is 0 Å². The van der Waals surface area contributed by atoms with E-state index in [9.17, 15) is 5.11 Å². The minimum atomic E-state index is 0.270. The molecule has 0 saturated heterocycles. The Labute approximate surface area is 89.0 Å². The summed E-state index contributed by atoms with van der Waals surface area (Å²) in [6.07, 6.45) is 5.32. The van der Waals surface area contributed by atoms with Crippen molar-refractivity contribution in [2.45, 2.75) is 0 Å². The molecule has 0 spiro atoms. The summed E-state index contributed by atoms with van der Waals surface area (Å²) >= 11 is 0. The Bertz CT molecular complexity index is 521. The second-order valence-corrected chi connectivity index (χ2v) is 3.24. The van der Waals surface area contributed by atoms with Crippen LogP contribution in [-0.4, -0.2) is 5.11 Å². The molecular weight excluding hydrogens is 184 g/mol.